The second-order valence-electron chi connectivity index (χ2n) is 5.59. The Kier molecular flexibility index (Phi) is 4.31. The molecule has 2 nitrogen and oxygen atoms in total. The minimum atomic E-state index is 0.235. The maximum Gasteiger partial charge on any atom is 0.0590 e. The minimum Gasteiger partial charge on any atom is -0.380 e. The van der Waals surface area contributed by atoms with Crippen molar-refractivity contribution in [2.75, 3.05) is 19.8 Å². The highest BCUT2D eigenvalue weighted by Gasteiger charge is 2.38. The third-order valence-corrected chi connectivity index (χ3v) is 3.88. The highest BCUT2D eigenvalue weighted by atomic mass is 35.5. The van der Waals surface area contributed by atoms with Crippen molar-refractivity contribution in [1.82, 2.24) is 5.32 Å². The van der Waals surface area contributed by atoms with Gasteiger partial charge in [0.1, 0.15) is 0 Å². The summed E-state index contributed by atoms with van der Waals surface area (Å²) in [5.74, 6) is 0. The third kappa shape index (κ3) is 2.87. The van der Waals surface area contributed by atoms with Crippen LogP contribution in [0.2, 0.25) is 5.02 Å². The second-order valence-corrected chi connectivity index (χ2v) is 6.03. The van der Waals surface area contributed by atoms with Gasteiger partial charge in [0.05, 0.1) is 6.61 Å². The molecule has 0 aromatic heterocycles. The molecule has 0 heterocycles. The van der Waals surface area contributed by atoms with Crippen LogP contribution in [0.3, 0.4) is 0 Å². The molecule has 0 aliphatic heterocycles. The fraction of sp³-hybridized carbons (Fsp3) is 0.600. The van der Waals surface area contributed by atoms with E-state index in [1.165, 1.54) is 11.1 Å². The van der Waals surface area contributed by atoms with Gasteiger partial charge in [-0.15, -0.1) is 0 Å². The van der Waals surface area contributed by atoms with E-state index in [0.717, 1.165) is 31.2 Å². The summed E-state index contributed by atoms with van der Waals surface area (Å²) >= 11 is 6.11. The van der Waals surface area contributed by atoms with Crippen molar-refractivity contribution in [3.05, 3.63) is 34.3 Å². The zero-order chi connectivity index (χ0) is 13.2. The predicted molar refractivity (Wildman–Crippen MR) is 76.2 cm³/mol. The molecule has 18 heavy (non-hydrogen) atoms. The first-order chi connectivity index (χ1) is 8.54. The number of benzene rings is 1. The van der Waals surface area contributed by atoms with E-state index in [4.69, 9.17) is 16.3 Å². The Labute approximate surface area is 115 Å². The fourth-order valence-corrected chi connectivity index (χ4v) is 3.00. The van der Waals surface area contributed by atoms with E-state index < -0.39 is 0 Å². The predicted octanol–water partition coefficient (Wildman–Crippen LogP) is 3.59. The van der Waals surface area contributed by atoms with Crippen LogP contribution in [-0.4, -0.2) is 19.8 Å². The van der Waals surface area contributed by atoms with Crippen LogP contribution in [0.1, 0.15) is 37.9 Å². The largest absolute Gasteiger partial charge is 0.380 e. The summed E-state index contributed by atoms with van der Waals surface area (Å²) < 4.78 is 5.38. The molecule has 1 aromatic rings. The van der Waals surface area contributed by atoms with Crippen LogP contribution in [-0.2, 0) is 11.2 Å². The van der Waals surface area contributed by atoms with Crippen molar-refractivity contribution in [3.63, 3.8) is 0 Å². The molecule has 0 spiro atoms. The first-order valence-electron chi connectivity index (χ1n) is 6.64. The van der Waals surface area contributed by atoms with Gasteiger partial charge in [-0.05, 0) is 42.0 Å². The lowest BCUT2D eigenvalue weighted by molar-refractivity contribution is 0.140. The summed E-state index contributed by atoms with van der Waals surface area (Å²) in [5.41, 5.74) is 3.00. The summed E-state index contributed by atoms with van der Waals surface area (Å²) in [6, 6.07) is 6.61. The molecule has 0 fully saturated rings. The number of hydrogen-bond donors (Lipinski definition) is 1. The van der Waals surface area contributed by atoms with Crippen molar-refractivity contribution in [1.29, 1.82) is 0 Å². The second kappa shape index (κ2) is 5.60. The smallest absolute Gasteiger partial charge is 0.0590 e. The van der Waals surface area contributed by atoms with Gasteiger partial charge in [-0.1, -0.05) is 31.5 Å². The summed E-state index contributed by atoms with van der Waals surface area (Å²) in [6.45, 7) is 9.05. The number of ether oxygens (including phenoxy) is 1. The van der Waals surface area contributed by atoms with E-state index in [9.17, 15) is 0 Å². The lowest BCUT2D eigenvalue weighted by Gasteiger charge is -2.28. The Morgan fingerprint density at radius 1 is 1.44 bits per heavy atom. The molecule has 1 atom stereocenters. The maximum absolute atomic E-state index is 6.11. The molecule has 3 heteroatoms. The summed E-state index contributed by atoms with van der Waals surface area (Å²) in [6.07, 6.45) is 1.10. The van der Waals surface area contributed by atoms with E-state index in [0.29, 0.717) is 6.04 Å². The molecule has 100 valence electrons. The van der Waals surface area contributed by atoms with Crippen LogP contribution < -0.4 is 5.32 Å². The van der Waals surface area contributed by atoms with Crippen molar-refractivity contribution in [3.8, 4) is 0 Å². The van der Waals surface area contributed by atoms with Crippen molar-refractivity contribution >= 4 is 11.6 Å². The van der Waals surface area contributed by atoms with Crippen molar-refractivity contribution in [2.45, 2.75) is 33.2 Å². The SMILES string of the molecule is CCOCCNC1c2cc(Cl)ccc2CC1(C)C. The molecule has 0 saturated carbocycles. The number of fused-ring (bicyclic) bond motifs is 1. The Morgan fingerprint density at radius 2 is 2.22 bits per heavy atom. The van der Waals surface area contributed by atoms with Gasteiger partial charge in [-0.25, -0.2) is 0 Å². The lowest BCUT2D eigenvalue weighted by Crippen LogP contribution is -2.33. The maximum atomic E-state index is 6.11. The Hall–Kier alpha value is -0.570. The number of hydrogen-bond acceptors (Lipinski definition) is 2. The van der Waals surface area contributed by atoms with Crippen molar-refractivity contribution in [2.24, 2.45) is 5.41 Å². The Balaban J connectivity index is 2.10. The van der Waals surface area contributed by atoms with E-state index in [1.807, 2.05) is 13.0 Å². The summed E-state index contributed by atoms with van der Waals surface area (Å²) in [5, 5.41) is 4.43. The van der Waals surface area contributed by atoms with Gasteiger partial charge in [0.15, 0.2) is 0 Å². The first-order valence-corrected chi connectivity index (χ1v) is 7.02. The van der Waals surface area contributed by atoms with E-state index >= 15 is 0 Å². The molecule has 2 rings (SSSR count). The average molecular weight is 268 g/mol. The molecule has 0 amide bonds. The van der Waals surface area contributed by atoms with Gasteiger partial charge in [-0.3, -0.25) is 0 Å². The van der Waals surface area contributed by atoms with E-state index in [1.54, 1.807) is 0 Å². The van der Waals surface area contributed by atoms with Crippen LogP contribution in [0.4, 0.5) is 0 Å². The first kappa shape index (κ1) is 13.9. The third-order valence-electron chi connectivity index (χ3n) is 3.65. The van der Waals surface area contributed by atoms with Crippen LogP contribution in [0, 0.1) is 5.41 Å². The standard InChI is InChI=1S/C15H22ClNO/c1-4-18-8-7-17-14-13-9-12(16)6-5-11(13)10-15(14,2)3/h5-6,9,14,17H,4,7-8,10H2,1-3H3. The number of nitrogens with one attached hydrogen (secondary N) is 1. The molecule has 1 N–H and O–H groups in total. The molecule has 1 aliphatic rings. The monoisotopic (exact) mass is 267 g/mol. The molecule has 0 saturated heterocycles. The Bertz CT molecular complexity index is 417. The van der Waals surface area contributed by atoms with E-state index in [2.05, 4.69) is 31.3 Å². The molecule has 1 unspecified atom stereocenters. The van der Waals surface area contributed by atoms with Crippen LogP contribution in [0.15, 0.2) is 18.2 Å². The van der Waals surface area contributed by atoms with E-state index in [-0.39, 0.29) is 5.41 Å². The molecule has 0 radical (unpaired) electrons. The molecule has 1 aromatic carbocycles. The molecule has 1 aliphatic carbocycles. The zero-order valence-electron chi connectivity index (χ0n) is 11.4. The highest BCUT2D eigenvalue weighted by molar-refractivity contribution is 6.30. The van der Waals surface area contributed by atoms with Gasteiger partial charge in [0.25, 0.3) is 0 Å². The van der Waals surface area contributed by atoms with Gasteiger partial charge >= 0.3 is 0 Å². The molecule has 0 bridgehead atoms. The fourth-order valence-electron chi connectivity index (χ4n) is 2.82. The Morgan fingerprint density at radius 3 is 2.94 bits per heavy atom. The normalized spacial score (nSPS) is 21.0. The molecular formula is C15H22ClNO. The highest BCUT2D eigenvalue weighted by Crippen LogP contribution is 2.45. The number of halogens is 1. The molecular weight excluding hydrogens is 246 g/mol. The van der Waals surface area contributed by atoms with Crippen LogP contribution in [0.25, 0.3) is 0 Å². The quantitative estimate of drug-likeness (QED) is 0.824. The summed E-state index contributed by atoms with van der Waals surface area (Å²) in [7, 11) is 0. The van der Waals surface area contributed by atoms with Gasteiger partial charge in [0, 0.05) is 24.2 Å². The minimum absolute atomic E-state index is 0.235. The number of rotatable bonds is 5. The van der Waals surface area contributed by atoms with Gasteiger partial charge in [0.2, 0.25) is 0 Å². The van der Waals surface area contributed by atoms with Crippen LogP contribution in [0.5, 0.6) is 0 Å². The lowest BCUT2D eigenvalue weighted by atomic mass is 9.85. The summed E-state index contributed by atoms with van der Waals surface area (Å²) in [4.78, 5) is 0. The van der Waals surface area contributed by atoms with Gasteiger partial charge in [-0.2, -0.15) is 0 Å². The average Bonchev–Trinajstić information content (AvgIpc) is 2.55. The van der Waals surface area contributed by atoms with Crippen LogP contribution >= 0.6 is 11.6 Å². The van der Waals surface area contributed by atoms with Gasteiger partial charge < -0.3 is 10.1 Å². The zero-order valence-corrected chi connectivity index (χ0v) is 12.2. The van der Waals surface area contributed by atoms with Crippen molar-refractivity contribution < 1.29 is 4.74 Å². The topological polar surface area (TPSA) is 21.3 Å².